The van der Waals surface area contributed by atoms with Crippen LogP contribution in [0.3, 0.4) is 0 Å². The first-order valence-electron chi connectivity index (χ1n) is 8.75. The van der Waals surface area contributed by atoms with Crippen LogP contribution in [0.4, 0.5) is 5.69 Å². The average Bonchev–Trinajstić information content (AvgIpc) is 3.40. The summed E-state index contributed by atoms with van der Waals surface area (Å²) in [6.07, 6.45) is 1.36. The molecule has 6 nitrogen and oxygen atoms in total. The Bertz CT molecular complexity index is 836. The monoisotopic (exact) mass is 356 g/mol. The van der Waals surface area contributed by atoms with Crippen LogP contribution in [0.1, 0.15) is 47.6 Å². The molecule has 1 aromatic heterocycles. The highest BCUT2D eigenvalue weighted by Crippen LogP contribution is 2.38. The molecule has 0 aliphatic heterocycles. The van der Waals surface area contributed by atoms with E-state index in [0.717, 1.165) is 24.2 Å². The molecule has 3 rings (SSSR count). The third-order valence-corrected chi connectivity index (χ3v) is 4.63. The first kappa shape index (κ1) is 18.0. The van der Waals surface area contributed by atoms with E-state index in [2.05, 4.69) is 9.88 Å². The lowest BCUT2D eigenvalue weighted by atomic mass is 10.2. The second-order valence-corrected chi connectivity index (χ2v) is 6.62. The number of ether oxygens (including phenoxy) is 2. The highest BCUT2D eigenvalue weighted by molar-refractivity contribution is 5.98. The second-order valence-electron chi connectivity index (χ2n) is 6.62. The standard InChI is InChI=1S/C20H24N2O4/c1-12-11-16(13(2)22(12)15-9-10-15)20(24)26-14(3)19(23)21-17-7-5-6-8-18(17)25-4/h5-8,11,14-15H,9-10H2,1-4H3,(H,21,23)/t14-/m1/s1. The molecule has 2 aromatic rings. The molecule has 1 aromatic carbocycles. The maximum absolute atomic E-state index is 12.5. The van der Waals surface area contributed by atoms with Crippen molar-refractivity contribution in [3.63, 3.8) is 0 Å². The number of hydrogen-bond acceptors (Lipinski definition) is 4. The molecule has 0 bridgehead atoms. The van der Waals surface area contributed by atoms with E-state index in [1.165, 1.54) is 7.11 Å². The van der Waals surface area contributed by atoms with Crippen molar-refractivity contribution in [3.05, 3.63) is 47.3 Å². The largest absolute Gasteiger partial charge is 0.495 e. The van der Waals surface area contributed by atoms with Crippen molar-refractivity contribution < 1.29 is 19.1 Å². The predicted molar refractivity (Wildman–Crippen MR) is 98.7 cm³/mol. The van der Waals surface area contributed by atoms with Gasteiger partial charge in [-0.2, -0.15) is 0 Å². The number of carbonyl (C=O) groups is 2. The zero-order chi connectivity index (χ0) is 18.8. The molecule has 1 amide bonds. The van der Waals surface area contributed by atoms with E-state index in [9.17, 15) is 9.59 Å². The summed E-state index contributed by atoms with van der Waals surface area (Å²) in [6, 6.07) is 9.41. The lowest BCUT2D eigenvalue weighted by molar-refractivity contribution is -0.123. The number of carbonyl (C=O) groups excluding carboxylic acids is 2. The van der Waals surface area contributed by atoms with Gasteiger partial charge < -0.3 is 19.4 Å². The number of nitrogens with zero attached hydrogens (tertiary/aromatic N) is 1. The summed E-state index contributed by atoms with van der Waals surface area (Å²) in [4.78, 5) is 24.9. The minimum absolute atomic E-state index is 0.404. The van der Waals surface area contributed by atoms with E-state index in [1.807, 2.05) is 26.0 Å². The molecule has 0 spiro atoms. The number of amides is 1. The average molecular weight is 356 g/mol. The molecule has 1 N–H and O–H groups in total. The number of aryl methyl sites for hydroxylation is 1. The fourth-order valence-electron chi connectivity index (χ4n) is 3.14. The number of benzene rings is 1. The molecule has 1 heterocycles. The Labute approximate surface area is 153 Å². The lowest BCUT2D eigenvalue weighted by Gasteiger charge is -2.15. The number of para-hydroxylation sites is 2. The summed E-state index contributed by atoms with van der Waals surface area (Å²) in [6.45, 7) is 5.46. The van der Waals surface area contributed by atoms with Gasteiger partial charge in [0.1, 0.15) is 5.75 Å². The van der Waals surface area contributed by atoms with Gasteiger partial charge in [-0.15, -0.1) is 0 Å². The van der Waals surface area contributed by atoms with E-state index in [4.69, 9.17) is 9.47 Å². The predicted octanol–water partition coefficient (Wildman–Crippen LogP) is 3.63. The smallest absolute Gasteiger partial charge is 0.340 e. The summed E-state index contributed by atoms with van der Waals surface area (Å²) in [5.41, 5.74) is 3.00. The first-order chi connectivity index (χ1) is 12.4. The van der Waals surface area contributed by atoms with Gasteiger partial charge in [0.25, 0.3) is 5.91 Å². The number of hydrogen-bond donors (Lipinski definition) is 1. The minimum atomic E-state index is -0.920. The number of esters is 1. The van der Waals surface area contributed by atoms with Crippen molar-refractivity contribution in [2.75, 3.05) is 12.4 Å². The van der Waals surface area contributed by atoms with Gasteiger partial charge in [-0.1, -0.05) is 12.1 Å². The fourth-order valence-corrected chi connectivity index (χ4v) is 3.14. The Kier molecular flexibility index (Phi) is 5.02. The van der Waals surface area contributed by atoms with Gasteiger partial charge in [-0.3, -0.25) is 4.79 Å². The topological polar surface area (TPSA) is 69.6 Å². The van der Waals surface area contributed by atoms with Gasteiger partial charge in [0.05, 0.1) is 18.4 Å². The van der Waals surface area contributed by atoms with Crippen LogP contribution < -0.4 is 10.1 Å². The molecule has 1 saturated carbocycles. The molecule has 0 saturated heterocycles. The zero-order valence-electron chi connectivity index (χ0n) is 15.5. The number of nitrogens with one attached hydrogen (secondary N) is 1. The molecule has 1 aliphatic carbocycles. The third kappa shape index (κ3) is 3.59. The molecule has 1 atom stereocenters. The van der Waals surface area contributed by atoms with E-state index < -0.39 is 18.0 Å². The number of aromatic nitrogens is 1. The molecule has 1 fully saturated rings. The summed E-state index contributed by atoms with van der Waals surface area (Å²) in [5.74, 6) is -0.334. The Morgan fingerprint density at radius 2 is 1.92 bits per heavy atom. The van der Waals surface area contributed by atoms with E-state index in [1.54, 1.807) is 25.1 Å². The van der Waals surface area contributed by atoms with Crippen LogP contribution in [0.15, 0.2) is 30.3 Å². The van der Waals surface area contributed by atoms with Gasteiger partial charge in [-0.25, -0.2) is 4.79 Å². The normalized spacial score (nSPS) is 14.6. The van der Waals surface area contributed by atoms with Gasteiger partial charge in [0, 0.05) is 17.4 Å². The minimum Gasteiger partial charge on any atom is -0.495 e. The van der Waals surface area contributed by atoms with Crippen molar-refractivity contribution in [1.29, 1.82) is 0 Å². The molecule has 0 unspecified atom stereocenters. The fraction of sp³-hybridized carbons (Fsp3) is 0.400. The first-order valence-corrected chi connectivity index (χ1v) is 8.75. The molecular formula is C20H24N2O4. The lowest BCUT2D eigenvalue weighted by Crippen LogP contribution is -2.30. The maximum Gasteiger partial charge on any atom is 0.340 e. The van der Waals surface area contributed by atoms with Crippen molar-refractivity contribution in [2.45, 2.75) is 45.8 Å². The van der Waals surface area contributed by atoms with Crippen LogP contribution in [-0.4, -0.2) is 29.7 Å². The second kappa shape index (κ2) is 7.23. The summed E-state index contributed by atoms with van der Waals surface area (Å²) in [5, 5.41) is 2.73. The van der Waals surface area contributed by atoms with Crippen LogP contribution in [-0.2, 0) is 9.53 Å². The van der Waals surface area contributed by atoms with Crippen molar-refractivity contribution in [1.82, 2.24) is 4.57 Å². The highest BCUT2D eigenvalue weighted by Gasteiger charge is 2.29. The Morgan fingerprint density at radius 3 is 2.58 bits per heavy atom. The Hall–Kier alpha value is -2.76. The molecule has 138 valence electrons. The van der Waals surface area contributed by atoms with Gasteiger partial charge in [0.2, 0.25) is 0 Å². The van der Waals surface area contributed by atoms with Gasteiger partial charge in [0.15, 0.2) is 6.10 Å². The molecule has 26 heavy (non-hydrogen) atoms. The number of rotatable bonds is 6. The van der Waals surface area contributed by atoms with Crippen LogP contribution in [0.5, 0.6) is 5.75 Å². The quantitative estimate of drug-likeness (QED) is 0.803. The van der Waals surface area contributed by atoms with E-state index in [-0.39, 0.29) is 0 Å². The van der Waals surface area contributed by atoms with Crippen molar-refractivity contribution in [2.24, 2.45) is 0 Å². The van der Waals surface area contributed by atoms with Crippen molar-refractivity contribution >= 4 is 17.6 Å². The Balaban J connectivity index is 1.67. The summed E-state index contributed by atoms with van der Waals surface area (Å²) < 4.78 is 12.8. The van der Waals surface area contributed by atoms with E-state index >= 15 is 0 Å². The molecule has 1 aliphatic rings. The van der Waals surface area contributed by atoms with Crippen LogP contribution >= 0.6 is 0 Å². The highest BCUT2D eigenvalue weighted by atomic mass is 16.5. The SMILES string of the molecule is COc1ccccc1NC(=O)[C@@H](C)OC(=O)c1cc(C)n(C2CC2)c1C. The van der Waals surface area contributed by atoms with Crippen LogP contribution in [0, 0.1) is 13.8 Å². The van der Waals surface area contributed by atoms with Gasteiger partial charge >= 0.3 is 5.97 Å². The molecule has 6 heteroatoms. The van der Waals surface area contributed by atoms with Gasteiger partial charge in [-0.05, 0) is 51.8 Å². The zero-order valence-corrected chi connectivity index (χ0v) is 15.5. The van der Waals surface area contributed by atoms with Crippen LogP contribution in [0.25, 0.3) is 0 Å². The molecule has 0 radical (unpaired) electrons. The number of methoxy groups -OCH3 is 1. The summed E-state index contributed by atoms with van der Waals surface area (Å²) in [7, 11) is 1.53. The maximum atomic E-state index is 12.5. The molecular weight excluding hydrogens is 332 g/mol. The van der Waals surface area contributed by atoms with E-state index in [0.29, 0.717) is 23.0 Å². The number of anilines is 1. The van der Waals surface area contributed by atoms with Crippen molar-refractivity contribution in [3.8, 4) is 5.75 Å². The third-order valence-electron chi connectivity index (χ3n) is 4.63. The summed E-state index contributed by atoms with van der Waals surface area (Å²) >= 11 is 0. The van der Waals surface area contributed by atoms with Crippen LogP contribution in [0.2, 0.25) is 0 Å². The Morgan fingerprint density at radius 1 is 1.23 bits per heavy atom.